The third kappa shape index (κ3) is 7.07. The van der Waals surface area contributed by atoms with Gasteiger partial charge in [0.1, 0.15) is 36.6 Å². The van der Waals surface area contributed by atoms with Crippen LogP contribution in [0.4, 0.5) is 0 Å². The van der Waals surface area contributed by atoms with Crippen LogP contribution in [0.1, 0.15) is 30.5 Å². The van der Waals surface area contributed by atoms with Crippen molar-refractivity contribution < 1.29 is 24.1 Å². The topological polar surface area (TPSA) is 77.0 Å². The zero-order valence-corrected chi connectivity index (χ0v) is 17.8. The second-order valence-electron chi connectivity index (χ2n) is 7.26. The molecule has 0 saturated heterocycles. The van der Waals surface area contributed by atoms with Crippen LogP contribution in [0.2, 0.25) is 0 Å². The number of rotatable bonds is 10. The standard InChI is InChI=1S/C23H31NO5/c1-15-11-22(17(3)18(4)23(15)29-19(5)25)28-14-20(26)12-24-16(2)13-27-21-9-7-6-8-10-21/h6-11,16,20,24,26H,12-14H2,1-5H3/t16-,20-/m1/s1. The molecule has 6 nitrogen and oxygen atoms in total. The minimum absolute atomic E-state index is 0.0825. The molecule has 0 unspecified atom stereocenters. The minimum Gasteiger partial charge on any atom is -0.492 e. The van der Waals surface area contributed by atoms with Crippen molar-refractivity contribution in [1.82, 2.24) is 5.32 Å². The molecule has 2 N–H and O–H groups in total. The first kappa shape index (κ1) is 22.7. The van der Waals surface area contributed by atoms with Crippen LogP contribution < -0.4 is 19.5 Å². The van der Waals surface area contributed by atoms with Gasteiger partial charge in [-0.25, -0.2) is 0 Å². The van der Waals surface area contributed by atoms with Gasteiger partial charge < -0.3 is 24.6 Å². The van der Waals surface area contributed by atoms with E-state index >= 15 is 0 Å². The maximum Gasteiger partial charge on any atom is 0.308 e. The number of nitrogens with one attached hydrogen (secondary N) is 1. The highest BCUT2D eigenvalue weighted by atomic mass is 16.5. The molecule has 0 bridgehead atoms. The van der Waals surface area contributed by atoms with Crippen molar-refractivity contribution in [3.05, 3.63) is 53.1 Å². The van der Waals surface area contributed by atoms with E-state index in [2.05, 4.69) is 5.32 Å². The van der Waals surface area contributed by atoms with Crippen LogP contribution in [0.25, 0.3) is 0 Å². The van der Waals surface area contributed by atoms with Crippen molar-refractivity contribution in [2.45, 2.75) is 46.8 Å². The Morgan fingerprint density at radius 2 is 1.76 bits per heavy atom. The van der Waals surface area contributed by atoms with Gasteiger partial charge in [0.05, 0.1) is 0 Å². The fraction of sp³-hybridized carbons (Fsp3) is 0.435. The van der Waals surface area contributed by atoms with E-state index in [4.69, 9.17) is 14.2 Å². The Labute approximate surface area is 172 Å². The predicted octanol–water partition coefficient (Wildman–Crippen LogP) is 3.33. The van der Waals surface area contributed by atoms with Gasteiger partial charge in [0.15, 0.2) is 0 Å². The lowest BCUT2D eigenvalue weighted by Gasteiger charge is -2.20. The number of ether oxygens (including phenoxy) is 3. The van der Waals surface area contributed by atoms with Gasteiger partial charge in [-0.3, -0.25) is 4.79 Å². The number of aliphatic hydroxyl groups is 1. The van der Waals surface area contributed by atoms with E-state index in [0.29, 0.717) is 24.7 Å². The molecule has 0 aromatic heterocycles. The Bertz CT molecular complexity index is 807. The normalized spacial score (nSPS) is 12.9. The number of aryl methyl sites for hydroxylation is 1. The lowest BCUT2D eigenvalue weighted by atomic mass is 10.0. The van der Waals surface area contributed by atoms with Crippen molar-refractivity contribution in [1.29, 1.82) is 0 Å². The average molecular weight is 402 g/mol. The molecule has 0 aliphatic carbocycles. The molecule has 29 heavy (non-hydrogen) atoms. The first-order valence-electron chi connectivity index (χ1n) is 9.79. The van der Waals surface area contributed by atoms with E-state index < -0.39 is 6.10 Å². The van der Waals surface area contributed by atoms with Crippen molar-refractivity contribution in [3.8, 4) is 17.2 Å². The maximum absolute atomic E-state index is 11.3. The van der Waals surface area contributed by atoms with Gasteiger partial charge in [-0.15, -0.1) is 0 Å². The van der Waals surface area contributed by atoms with E-state index in [1.807, 2.05) is 64.1 Å². The number of para-hydroxylation sites is 1. The van der Waals surface area contributed by atoms with Crippen LogP contribution >= 0.6 is 0 Å². The summed E-state index contributed by atoms with van der Waals surface area (Å²) in [6.07, 6.45) is -0.665. The van der Waals surface area contributed by atoms with Crippen LogP contribution in [-0.4, -0.2) is 43.0 Å². The molecule has 0 fully saturated rings. The predicted molar refractivity (Wildman–Crippen MR) is 113 cm³/mol. The molecule has 2 atom stereocenters. The summed E-state index contributed by atoms with van der Waals surface area (Å²) < 4.78 is 16.8. The van der Waals surface area contributed by atoms with E-state index in [0.717, 1.165) is 22.4 Å². The van der Waals surface area contributed by atoms with Crippen LogP contribution in [0.3, 0.4) is 0 Å². The van der Waals surface area contributed by atoms with Crippen LogP contribution in [-0.2, 0) is 4.79 Å². The summed E-state index contributed by atoms with van der Waals surface area (Å²) in [7, 11) is 0. The van der Waals surface area contributed by atoms with E-state index in [1.165, 1.54) is 6.92 Å². The quantitative estimate of drug-likeness (QED) is 0.470. The third-order valence-corrected chi connectivity index (χ3v) is 4.60. The van der Waals surface area contributed by atoms with Gasteiger partial charge in [-0.2, -0.15) is 0 Å². The molecular formula is C23H31NO5. The lowest BCUT2D eigenvalue weighted by Crippen LogP contribution is -2.39. The van der Waals surface area contributed by atoms with Crippen molar-refractivity contribution in [2.24, 2.45) is 0 Å². The van der Waals surface area contributed by atoms with Crippen LogP contribution in [0, 0.1) is 20.8 Å². The Morgan fingerprint density at radius 1 is 1.07 bits per heavy atom. The molecule has 0 aliphatic rings. The van der Waals surface area contributed by atoms with Gasteiger partial charge in [0, 0.05) is 19.5 Å². The van der Waals surface area contributed by atoms with Crippen LogP contribution in [0.5, 0.6) is 17.2 Å². The summed E-state index contributed by atoms with van der Waals surface area (Å²) in [5.41, 5.74) is 2.56. The number of carbonyl (C=O) groups is 1. The number of aliphatic hydroxyl groups excluding tert-OH is 1. The molecule has 2 rings (SSSR count). The molecule has 6 heteroatoms. The van der Waals surface area contributed by atoms with Gasteiger partial charge in [0.2, 0.25) is 0 Å². The summed E-state index contributed by atoms with van der Waals surface area (Å²) in [6.45, 7) is 10.1. The number of hydrogen-bond donors (Lipinski definition) is 2. The van der Waals surface area contributed by atoms with E-state index in [-0.39, 0.29) is 18.6 Å². The number of hydrogen-bond acceptors (Lipinski definition) is 6. The average Bonchev–Trinajstić information content (AvgIpc) is 2.70. The molecule has 158 valence electrons. The minimum atomic E-state index is -0.665. The lowest BCUT2D eigenvalue weighted by molar-refractivity contribution is -0.131. The van der Waals surface area contributed by atoms with Crippen molar-refractivity contribution in [3.63, 3.8) is 0 Å². The highest BCUT2D eigenvalue weighted by Gasteiger charge is 2.15. The van der Waals surface area contributed by atoms with Crippen LogP contribution in [0.15, 0.2) is 36.4 Å². The zero-order chi connectivity index (χ0) is 21.4. The summed E-state index contributed by atoms with van der Waals surface area (Å²) in [5.74, 6) is 1.71. The Hall–Kier alpha value is -2.57. The van der Waals surface area contributed by atoms with Gasteiger partial charge >= 0.3 is 5.97 Å². The molecule has 0 spiro atoms. The molecular weight excluding hydrogens is 370 g/mol. The van der Waals surface area contributed by atoms with E-state index in [1.54, 1.807) is 0 Å². The van der Waals surface area contributed by atoms with Crippen molar-refractivity contribution in [2.75, 3.05) is 19.8 Å². The molecule has 2 aromatic carbocycles. The highest BCUT2D eigenvalue weighted by Crippen LogP contribution is 2.33. The largest absolute Gasteiger partial charge is 0.492 e. The molecule has 0 amide bonds. The summed E-state index contributed by atoms with van der Waals surface area (Å²) in [5, 5.41) is 13.5. The monoisotopic (exact) mass is 401 g/mol. The summed E-state index contributed by atoms with van der Waals surface area (Å²) in [6, 6.07) is 11.5. The summed E-state index contributed by atoms with van der Waals surface area (Å²) >= 11 is 0. The van der Waals surface area contributed by atoms with Gasteiger partial charge in [-0.05, 0) is 62.6 Å². The fourth-order valence-corrected chi connectivity index (χ4v) is 2.85. The second-order valence-corrected chi connectivity index (χ2v) is 7.26. The first-order valence-corrected chi connectivity index (χ1v) is 9.79. The Morgan fingerprint density at radius 3 is 2.41 bits per heavy atom. The number of carbonyl (C=O) groups excluding carboxylic acids is 1. The highest BCUT2D eigenvalue weighted by molar-refractivity contribution is 5.71. The second kappa shape index (κ2) is 10.8. The SMILES string of the molecule is CC(=O)Oc1c(C)cc(OC[C@H](O)CN[C@H](C)COc2ccccc2)c(C)c1C. The molecule has 0 saturated carbocycles. The fourth-order valence-electron chi connectivity index (χ4n) is 2.85. The molecule has 2 aromatic rings. The smallest absolute Gasteiger partial charge is 0.308 e. The van der Waals surface area contributed by atoms with Gasteiger partial charge in [0.25, 0.3) is 0 Å². The summed E-state index contributed by atoms with van der Waals surface area (Å²) in [4.78, 5) is 11.3. The molecule has 0 radical (unpaired) electrons. The number of esters is 1. The molecule has 0 aliphatic heterocycles. The van der Waals surface area contributed by atoms with Crippen molar-refractivity contribution >= 4 is 5.97 Å². The Balaban J connectivity index is 1.81. The first-order chi connectivity index (χ1) is 13.8. The zero-order valence-electron chi connectivity index (χ0n) is 17.8. The Kier molecular flexibility index (Phi) is 8.49. The maximum atomic E-state index is 11.3. The number of benzene rings is 2. The third-order valence-electron chi connectivity index (χ3n) is 4.60. The molecule has 0 heterocycles. The van der Waals surface area contributed by atoms with Gasteiger partial charge in [-0.1, -0.05) is 18.2 Å². The van der Waals surface area contributed by atoms with E-state index in [9.17, 15) is 9.90 Å².